The van der Waals surface area contributed by atoms with Gasteiger partial charge in [0.05, 0.1) is 11.0 Å². The lowest BCUT2D eigenvalue weighted by Gasteiger charge is -2.13. The van der Waals surface area contributed by atoms with Gasteiger partial charge < -0.3 is 8.98 Å². The minimum absolute atomic E-state index is 0.914. The molecule has 2 heterocycles. The molecule has 0 aliphatic carbocycles. The van der Waals surface area contributed by atoms with Gasteiger partial charge in [0.15, 0.2) is 0 Å². The molecule has 258 valence electrons. The highest BCUT2D eigenvalue weighted by Crippen LogP contribution is 2.40. The van der Waals surface area contributed by atoms with Gasteiger partial charge in [0.25, 0.3) is 0 Å². The fourth-order valence-electron chi connectivity index (χ4n) is 8.42. The largest absolute Gasteiger partial charge is 0.455 e. The second kappa shape index (κ2) is 12.7. The monoisotopic (exact) mass is 765 g/mol. The first kappa shape index (κ1) is 31.8. The third-order valence-electron chi connectivity index (χ3n) is 11.0. The van der Waals surface area contributed by atoms with Crippen LogP contribution in [0.4, 0.5) is 0 Å². The zero-order chi connectivity index (χ0) is 36.5. The van der Waals surface area contributed by atoms with E-state index < -0.39 is 0 Å². The van der Waals surface area contributed by atoms with Gasteiger partial charge in [-0.1, -0.05) is 168 Å². The van der Waals surface area contributed by atoms with Gasteiger partial charge >= 0.3 is 0 Å². The smallest absolute Gasteiger partial charge is 0.143 e. The fourth-order valence-corrected chi connectivity index (χ4v) is 8.91. The molecule has 0 saturated heterocycles. The Morgan fingerprint density at radius 2 is 0.964 bits per heavy atom. The molecule has 0 unspecified atom stereocenters. The molecule has 2 aromatic heterocycles. The van der Waals surface area contributed by atoms with Crippen LogP contribution in [0, 0.1) is 0 Å². The number of hydrogen-bond acceptors (Lipinski definition) is 1. The summed E-state index contributed by atoms with van der Waals surface area (Å²) < 4.78 is 9.82. The summed E-state index contributed by atoms with van der Waals surface area (Å²) >= 11 is 3.83. The number of aromatic nitrogens is 1. The van der Waals surface area contributed by atoms with Gasteiger partial charge in [0.1, 0.15) is 11.2 Å². The molecule has 0 N–H and O–H groups in total. The summed E-state index contributed by atoms with van der Waals surface area (Å²) in [6.07, 6.45) is 0. The molecule has 11 rings (SSSR count). The zero-order valence-electron chi connectivity index (χ0n) is 29.7. The number of rotatable bonds is 5. The van der Waals surface area contributed by atoms with Crippen LogP contribution in [-0.2, 0) is 0 Å². The maximum Gasteiger partial charge on any atom is 0.143 e. The third-order valence-corrected chi connectivity index (χ3v) is 11.5. The fraction of sp³-hybridized carbons (Fsp3) is 0. The highest BCUT2D eigenvalue weighted by Gasteiger charge is 2.17. The number of benzene rings is 9. The molecule has 55 heavy (non-hydrogen) atoms. The Kier molecular flexibility index (Phi) is 7.36. The van der Waals surface area contributed by atoms with Crippen molar-refractivity contribution >= 4 is 70.4 Å². The van der Waals surface area contributed by atoms with Crippen LogP contribution < -0.4 is 0 Å². The molecule has 0 amide bonds. The van der Waals surface area contributed by atoms with Crippen molar-refractivity contribution in [2.24, 2.45) is 0 Å². The maximum absolute atomic E-state index is 6.34. The molecule has 2 nitrogen and oxygen atoms in total. The molecule has 11 aromatic rings. The van der Waals surface area contributed by atoms with Crippen LogP contribution in [0.2, 0.25) is 0 Å². The van der Waals surface area contributed by atoms with Gasteiger partial charge in [0, 0.05) is 42.8 Å². The van der Waals surface area contributed by atoms with Gasteiger partial charge in [-0.2, -0.15) is 0 Å². The minimum atomic E-state index is 0.914. The van der Waals surface area contributed by atoms with Crippen molar-refractivity contribution in [1.82, 2.24) is 4.57 Å². The Hall–Kier alpha value is -6.68. The molecule has 0 fully saturated rings. The summed E-state index contributed by atoms with van der Waals surface area (Å²) in [5.41, 5.74) is 14.7. The van der Waals surface area contributed by atoms with Crippen LogP contribution >= 0.6 is 15.9 Å². The standard InChI is InChI=1S/C52H32BrNO/c53-41-30-39(29-40(31-41)35-21-25-37(26-22-35)44-14-8-16-48-46-12-4-6-18-50(46)55-52(44)48)34-19-23-36(24-20-34)43-13-7-15-47-45-11-3-5-17-49(45)54(51(43)47)42-28-27-33-9-1-2-10-38(33)32-42/h1-32H. The predicted octanol–water partition coefficient (Wildman–Crippen LogP) is 15.3. The molecule has 0 saturated carbocycles. The second-order valence-corrected chi connectivity index (χ2v) is 15.2. The van der Waals surface area contributed by atoms with E-state index in [9.17, 15) is 0 Å². The molecule has 3 heteroatoms. The lowest BCUT2D eigenvalue weighted by atomic mass is 9.95. The van der Waals surface area contributed by atoms with E-state index in [1.54, 1.807) is 0 Å². The van der Waals surface area contributed by atoms with Crippen molar-refractivity contribution in [2.45, 2.75) is 0 Å². The Labute approximate surface area is 326 Å². The second-order valence-electron chi connectivity index (χ2n) is 14.2. The molecule has 0 aliphatic heterocycles. The van der Waals surface area contributed by atoms with E-state index in [0.29, 0.717) is 0 Å². The predicted molar refractivity (Wildman–Crippen MR) is 235 cm³/mol. The average Bonchev–Trinajstić information content (AvgIpc) is 3.80. The van der Waals surface area contributed by atoms with E-state index in [2.05, 4.69) is 202 Å². The molecule has 0 atom stereocenters. The SMILES string of the molecule is Brc1cc(-c2ccc(-c3cccc4c3oc3ccccc34)cc2)cc(-c2ccc(-c3cccc4c5ccccc5n(-c5ccc6ccccc6c5)c34)cc2)c1. The van der Waals surface area contributed by atoms with Crippen LogP contribution in [0.1, 0.15) is 0 Å². The number of halogens is 1. The maximum atomic E-state index is 6.34. The van der Waals surface area contributed by atoms with Crippen LogP contribution in [0.15, 0.2) is 203 Å². The average molecular weight is 767 g/mol. The van der Waals surface area contributed by atoms with Gasteiger partial charge in [-0.3, -0.25) is 0 Å². The van der Waals surface area contributed by atoms with E-state index >= 15 is 0 Å². The van der Waals surface area contributed by atoms with E-state index in [1.807, 2.05) is 12.1 Å². The Balaban J connectivity index is 0.957. The molecule has 0 bridgehead atoms. The number of furan rings is 1. The third kappa shape index (κ3) is 5.31. The summed E-state index contributed by atoms with van der Waals surface area (Å²) in [7, 11) is 0. The molecular weight excluding hydrogens is 734 g/mol. The first-order valence-corrected chi connectivity index (χ1v) is 19.4. The summed E-state index contributed by atoms with van der Waals surface area (Å²) in [6.45, 7) is 0. The van der Waals surface area contributed by atoms with Gasteiger partial charge in [-0.25, -0.2) is 0 Å². The Morgan fingerprint density at radius 3 is 1.73 bits per heavy atom. The summed E-state index contributed by atoms with van der Waals surface area (Å²) in [5.74, 6) is 0. The molecule has 9 aromatic carbocycles. The highest BCUT2D eigenvalue weighted by molar-refractivity contribution is 9.10. The van der Waals surface area contributed by atoms with Crippen LogP contribution in [0.5, 0.6) is 0 Å². The van der Waals surface area contributed by atoms with Crippen LogP contribution in [0.25, 0.3) is 105 Å². The lowest BCUT2D eigenvalue weighted by molar-refractivity contribution is 0.670. The van der Waals surface area contributed by atoms with Crippen LogP contribution in [0.3, 0.4) is 0 Å². The van der Waals surface area contributed by atoms with Gasteiger partial charge in [0.2, 0.25) is 0 Å². The molecule has 0 radical (unpaired) electrons. The van der Waals surface area contributed by atoms with E-state index in [4.69, 9.17) is 4.42 Å². The number of nitrogens with zero attached hydrogens (tertiary/aromatic N) is 1. The first-order chi connectivity index (χ1) is 27.2. The summed E-state index contributed by atoms with van der Waals surface area (Å²) in [4.78, 5) is 0. The number of para-hydroxylation sites is 4. The van der Waals surface area contributed by atoms with E-state index in [1.165, 1.54) is 49.3 Å². The van der Waals surface area contributed by atoms with E-state index in [-0.39, 0.29) is 0 Å². The summed E-state index contributed by atoms with van der Waals surface area (Å²) in [6, 6.07) is 70.0. The molecule has 0 spiro atoms. The van der Waals surface area contributed by atoms with Gasteiger partial charge in [-0.15, -0.1) is 0 Å². The quantitative estimate of drug-likeness (QED) is 0.171. The van der Waals surface area contributed by atoms with Crippen molar-refractivity contribution in [3.05, 3.63) is 199 Å². The van der Waals surface area contributed by atoms with E-state index in [0.717, 1.165) is 59.9 Å². The van der Waals surface area contributed by atoms with Crippen molar-refractivity contribution in [3.8, 4) is 50.2 Å². The zero-order valence-corrected chi connectivity index (χ0v) is 31.3. The summed E-state index contributed by atoms with van der Waals surface area (Å²) in [5, 5.41) is 7.27. The minimum Gasteiger partial charge on any atom is -0.455 e. The topological polar surface area (TPSA) is 18.1 Å². The lowest BCUT2D eigenvalue weighted by Crippen LogP contribution is -1.95. The van der Waals surface area contributed by atoms with Crippen LogP contribution in [-0.4, -0.2) is 4.57 Å². The van der Waals surface area contributed by atoms with Crippen molar-refractivity contribution in [1.29, 1.82) is 0 Å². The first-order valence-electron chi connectivity index (χ1n) is 18.6. The van der Waals surface area contributed by atoms with Crippen molar-refractivity contribution in [3.63, 3.8) is 0 Å². The molecule has 0 aliphatic rings. The Morgan fingerprint density at radius 1 is 0.382 bits per heavy atom. The van der Waals surface area contributed by atoms with Gasteiger partial charge in [-0.05, 0) is 86.6 Å². The highest BCUT2D eigenvalue weighted by atomic mass is 79.9. The normalized spacial score (nSPS) is 11.7. The number of hydrogen-bond donors (Lipinski definition) is 0. The molecular formula is C52H32BrNO. The Bertz CT molecular complexity index is 3260. The number of fused-ring (bicyclic) bond motifs is 7. The van der Waals surface area contributed by atoms with Crippen molar-refractivity contribution < 1.29 is 4.42 Å². The van der Waals surface area contributed by atoms with Crippen molar-refractivity contribution in [2.75, 3.05) is 0 Å².